The number of rotatable bonds is 3. The normalized spacial score (nSPS) is 17.9. The molecule has 0 saturated carbocycles. The summed E-state index contributed by atoms with van der Waals surface area (Å²) >= 11 is 1.50. The monoisotopic (exact) mass is 292 g/mol. The fraction of sp³-hybridized carbons (Fsp3) is 0.571. The maximum Gasteiger partial charge on any atom is 0.271 e. The van der Waals surface area contributed by atoms with Crippen molar-refractivity contribution in [1.82, 2.24) is 19.4 Å². The van der Waals surface area contributed by atoms with Gasteiger partial charge in [-0.1, -0.05) is 0 Å². The SMILES string of the molecule is Cc1csc2c(=O)n(CCN3CCN(C)CC3)cnc12. The first-order valence-electron chi connectivity index (χ1n) is 6.99. The van der Waals surface area contributed by atoms with Crippen molar-refractivity contribution in [2.45, 2.75) is 13.5 Å². The van der Waals surface area contributed by atoms with Gasteiger partial charge in [0.1, 0.15) is 4.70 Å². The Hall–Kier alpha value is -1.24. The zero-order chi connectivity index (χ0) is 14.1. The third kappa shape index (κ3) is 2.63. The molecule has 0 aliphatic carbocycles. The van der Waals surface area contributed by atoms with E-state index < -0.39 is 0 Å². The highest BCUT2D eigenvalue weighted by Gasteiger charge is 2.14. The van der Waals surface area contributed by atoms with Crippen LogP contribution in [-0.4, -0.2) is 59.1 Å². The summed E-state index contributed by atoms with van der Waals surface area (Å²) in [7, 11) is 2.15. The molecule has 0 bridgehead atoms. The van der Waals surface area contributed by atoms with Gasteiger partial charge in [-0.2, -0.15) is 0 Å². The molecule has 20 heavy (non-hydrogen) atoms. The molecule has 1 saturated heterocycles. The van der Waals surface area contributed by atoms with Gasteiger partial charge in [0.2, 0.25) is 0 Å². The molecule has 3 heterocycles. The number of likely N-dealkylation sites (N-methyl/N-ethyl adjacent to an activating group) is 1. The lowest BCUT2D eigenvalue weighted by molar-refractivity contribution is 0.149. The van der Waals surface area contributed by atoms with Gasteiger partial charge in [-0.25, -0.2) is 4.98 Å². The van der Waals surface area contributed by atoms with Crippen molar-refractivity contribution in [3.8, 4) is 0 Å². The molecule has 0 amide bonds. The average Bonchev–Trinajstić information content (AvgIpc) is 2.82. The van der Waals surface area contributed by atoms with E-state index in [0.29, 0.717) is 0 Å². The second kappa shape index (κ2) is 5.63. The molecule has 1 aliphatic rings. The summed E-state index contributed by atoms with van der Waals surface area (Å²) in [6, 6.07) is 0. The number of hydrogen-bond donors (Lipinski definition) is 0. The van der Waals surface area contributed by atoms with Crippen LogP contribution in [0.1, 0.15) is 5.56 Å². The minimum Gasteiger partial charge on any atom is -0.304 e. The summed E-state index contributed by atoms with van der Waals surface area (Å²) < 4.78 is 2.53. The van der Waals surface area contributed by atoms with Crippen LogP contribution in [0, 0.1) is 6.92 Å². The van der Waals surface area contributed by atoms with Gasteiger partial charge in [-0.3, -0.25) is 14.3 Å². The summed E-state index contributed by atoms with van der Waals surface area (Å²) in [5.41, 5.74) is 2.05. The van der Waals surface area contributed by atoms with Crippen LogP contribution in [0.3, 0.4) is 0 Å². The van der Waals surface area contributed by atoms with Crippen LogP contribution in [0.4, 0.5) is 0 Å². The lowest BCUT2D eigenvalue weighted by Crippen LogP contribution is -2.45. The van der Waals surface area contributed by atoms with E-state index in [0.717, 1.165) is 55.0 Å². The standard InChI is InChI=1S/C14H20N4OS/c1-11-9-20-13-12(11)15-10-18(14(13)19)8-7-17-5-3-16(2)4-6-17/h9-10H,3-8H2,1-2H3. The van der Waals surface area contributed by atoms with E-state index in [-0.39, 0.29) is 5.56 Å². The van der Waals surface area contributed by atoms with Crippen LogP contribution in [0.5, 0.6) is 0 Å². The highest BCUT2D eigenvalue weighted by molar-refractivity contribution is 7.17. The second-order valence-corrected chi connectivity index (χ2v) is 6.36. The topological polar surface area (TPSA) is 41.4 Å². The number of aryl methyl sites for hydroxylation is 1. The summed E-state index contributed by atoms with van der Waals surface area (Å²) in [5, 5.41) is 2.00. The van der Waals surface area contributed by atoms with E-state index in [1.165, 1.54) is 11.3 Å². The quantitative estimate of drug-likeness (QED) is 0.847. The van der Waals surface area contributed by atoms with Crippen molar-refractivity contribution >= 4 is 21.6 Å². The van der Waals surface area contributed by atoms with E-state index >= 15 is 0 Å². The summed E-state index contributed by atoms with van der Waals surface area (Å²) in [6.07, 6.45) is 1.69. The maximum atomic E-state index is 12.4. The minimum atomic E-state index is 0.0993. The number of piperazine rings is 1. The summed E-state index contributed by atoms with van der Waals surface area (Å²) in [6.45, 7) is 8.03. The van der Waals surface area contributed by atoms with Gasteiger partial charge in [0.25, 0.3) is 5.56 Å². The second-order valence-electron chi connectivity index (χ2n) is 5.48. The van der Waals surface area contributed by atoms with Gasteiger partial charge in [-0.05, 0) is 24.9 Å². The fourth-order valence-corrected chi connectivity index (χ4v) is 3.49. The predicted molar refractivity (Wildman–Crippen MR) is 82.6 cm³/mol. The average molecular weight is 292 g/mol. The molecule has 0 spiro atoms. The molecule has 0 atom stereocenters. The van der Waals surface area contributed by atoms with E-state index in [9.17, 15) is 4.79 Å². The highest BCUT2D eigenvalue weighted by Crippen LogP contribution is 2.19. The molecular formula is C14H20N4OS. The zero-order valence-corrected chi connectivity index (χ0v) is 12.8. The van der Waals surface area contributed by atoms with Crippen LogP contribution in [-0.2, 0) is 6.54 Å². The minimum absolute atomic E-state index is 0.0993. The molecule has 2 aromatic heterocycles. The van der Waals surface area contributed by atoms with Gasteiger partial charge in [0.05, 0.1) is 11.8 Å². The Morgan fingerprint density at radius 3 is 2.75 bits per heavy atom. The Balaban J connectivity index is 1.72. The molecule has 0 radical (unpaired) electrons. The molecule has 3 rings (SSSR count). The largest absolute Gasteiger partial charge is 0.304 e. The van der Waals surface area contributed by atoms with Gasteiger partial charge >= 0.3 is 0 Å². The zero-order valence-electron chi connectivity index (χ0n) is 12.0. The van der Waals surface area contributed by atoms with Crippen molar-refractivity contribution < 1.29 is 0 Å². The Kier molecular flexibility index (Phi) is 3.87. The van der Waals surface area contributed by atoms with Gasteiger partial charge < -0.3 is 4.90 Å². The first kappa shape index (κ1) is 13.7. The van der Waals surface area contributed by atoms with Gasteiger partial charge in [-0.15, -0.1) is 11.3 Å². The molecule has 0 unspecified atom stereocenters. The molecule has 6 heteroatoms. The molecular weight excluding hydrogens is 272 g/mol. The first-order valence-corrected chi connectivity index (χ1v) is 7.87. The Bertz CT molecular complexity index is 655. The number of hydrogen-bond acceptors (Lipinski definition) is 5. The highest BCUT2D eigenvalue weighted by atomic mass is 32.1. The molecule has 2 aromatic rings. The smallest absolute Gasteiger partial charge is 0.271 e. The van der Waals surface area contributed by atoms with Crippen molar-refractivity contribution in [1.29, 1.82) is 0 Å². The van der Waals surface area contributed by atoms with E-state index in [2.05, 4.69) is 21.8 Å². The number of thiophene rings is 1. The van der Waals surface area contributed by atoms with Gasteiger partial charge in [0.15, 0.2) is 0 Å². The maximum absolute atomic E-state index is 12.4. The lowest BCUT2D eigenvalue weighted by Gasteiger charge is -2.32. The predicted octanol–water partition coefficient (Wildman–Crippen LogP) is 1.01. The van der Waals surface area contributed by atoms with Crippen molar-refractivity contribution in [2.24, 2.45) is 0 Å². The Morgan fingerprint density at radius 1 is 1.25 bits per heavy atom. The molecule has 0 N–H and O–H groups in total. The number of nitrogens with zero attached hydrogens (tertiary/aromatic N) is 4. The van der Waals surface area contributed by atoms with Crippen molar-refractivity contribution in [3.05, 3.63) is 27.6 Å². The van der Waals surface area contributed by atoms with E-state index in [1.807, 2.05) is 12.3 Å². The third-order valence-corrected chi connectivity index (χ3v) is 5.05. The molecule has 1 aliphatic heterocycles. The van der Waals surface area contributed by atoms with Crippen LogP contribution < -0.4 is 5.56 Å². The number of fused-ring (bicyclic) bond motifs is 1. The molecule has 108 valence electrons. The molecule has 0 aromatic carbocycles. The van der Waals surface area contributed by atoms with Crippen molar-refractivity contribution in [2.75, 3.05) is 39.8 Å². The Labute approximate surface area is 122 Å². The third-order valence-electron chi connectivity index (χ3n) is 3.98. The summed E-state index contributed by atoms with van der Waals surface area (Å²) in [5.74, 6) is 0. The number of aromatic nitrogens is 2. The van der Waals surface area contributed by atoms with Crippen LogP contribution in [0.25, 0.3) is 10.2 Å². The van der Waals surface area contributed by atoms with Crippen LogP contribution in [0.2, 0.25) is 0 Å². The van der Waals surface area contributed by atoms with E-state index in [1.54, 1.807) is 10.9 Å². The van der Waals surface area contributed by atoms with Gasteiger partial charge in [0, 0.05) is 39.3 Å². The molecule has 1 fully saturated rings. The van der Waals surface area contributed by atoms with E-state index in [4.69, 9.17) is 0 Å². The fourth-order valence-electron chi connectivity index (χ4n) is 2.54. The van der Waals surface area contributed by atoms with Crippen LogP contribution >= 0.6 is 11.3 Å². The lowest BCUT2D eigenvalue weighted by atomic mass is 10.3. The summed E-state index contributed by atoms with van der Waals surface area (Å²) in [4.78, 5) is 21.5. The van der Waals surface area contributed by atoms with Crippen LogP contribution in [0.15, 0.2) is 16.5 Å². The molecule has 5 nitrogen and oxygen atoms in total. The Morgan fingerprint density at radius 2 is 2.00 bits per heavy atom. The first-order chi connectivity index (χ1) is 9.65. The van der Waals surface area contributed by atoms with Crippen molar-refractivity contribution in [3.63, 3.8) is 0 Å².